The highest BCUT2D eigenvalue weighted by Gasteiger charge is 2.23. The molecule has 1 amide bonds. The molecule has 1 aromatic carbocycles. The minimum atomic E-state index is -0.958. The Morgan fingerprint density at radius 1 is 1.26 bits per heavy atom. The summed E-state index contributed by atoms with van der Waals surface area (Å²) in [6.07, 6.45) is 1.18. The molecule has 0 heterocycles. The van der Waals surface area contributed by atoms with Gasteiger partial charge in [-0.15, -0.1) is 0 Å². The van der Waals surface area contributed by atoms with Crippen molar-refractivity contribution in [3.8, 4) is 0 Å². The zero-order valence-corrected chi connectivity index (χ0v) is 14.9. The molecule has 1 aromatic rings. The van der Waals surface area contributed by atoms with Gasteiger partial charge in [-0.3, -0.25) is 14.9 Å². The number of carboxylic acid groups (broad SMARTS) is 1. The van der Waals surface area contributed by atoms with Crippen molar-refractivity contribution < 1.29 is 14.7 Å². The van der Waals surface area contributed by atoms with Gasteiger partial charge in [-0.1, -0.05) is 42.6 Å². The van der Waals surface area contributed by atoms with E-state index in [1.165, 1.54) is 0 Å². The van der Waals surface area contributed by atoms with Crippen LogP contribution >= 0.6 is 23.2 Å². The molecular formula is C16H22Cl2N2O3. The lowest BCUT2D eigenvalue weighted by atomic mass is 10.1. The number of benzene rings is 1. The van der Waals surface area contributed by atoms with Gasteiger partial charge in [0.15, 0.2) is 0 Å². The normalized spacial score (nSPS) is 14.8. The number of rotatable bonds is 8. The maximum atomic E-state index is 12.2. The summed E-state index contributed by atoms with van der Waals surface area (Å²) in [4.78, 5) is 23.4. The van der Waals surface area contributed by atoms with Gasteiger partial charge in [-0.25, -0.2) is 0 Å². The van der Waals surface area contributed by atoms with Gasteiger partial charge in [0.1, 0.15) is 6.04 Å². The van der Waals surface area contributed by atoms with Crippen LogP contribution in [-0.2, 0) is 9.59 Å². The van der Waals surface area contributed by atoms with Crippen LogP contribution in [-0.4, -0.2) is 29.1 Å². The molecule has 128 valence electrons. The Morgan fingerprint density at radius 2 is 1.91 bits per heavy atom. The van der Waals surface area contributed by atoms with Gasteiger partial charge in [-0.05, 0) is 38.0 Å². The van der Waals surface area contributed by atoms with E-state index in [1.54, 1.807) is 32.0 Å². The average Bonchev–Trinajstić information content (AvgIpc) is 2.46. The summed E-state index contributed by atoms with van der Waals surface area (Å²) in [7, 11) is 0. The number of nitrogens with one attached hydrogen (secondary N) is 2. The van der Waals surface area contributed by atoms with Crippen molar-refractivity contribution in [1.82, 2.24) is 10.6 Å². The fourth-order valence-electron chi connectivity index (χ4n) is 2.21. The second-order valence-corrected chi connectivity index (χ2v) is 6.31. The third-order valence-electron chi connectivity index (χ3n) is 3.51. The van der Waals surface area contributed by atoms with E-state index >= 15 is 0 Å². The van der Waals surface area contributed by atoms with Crippen LogP contribution in [0, 0.1) is 0 Å². The topological polar surface area (TPSA) is 78.4 Å². The van der Waals surface area contributed by atoms with E-state index in [2.05, 4.69) is 10.6 Å². The smallest absolute Gasteiger partial charge is 0.320 e. The maximum Gasteiger partial charge on any atom is 0.320 e. The zero-order valence-electron chi connectivity index (χ0n) is 13.4. The summed E-state index contributed by atoms with van der Waals surface area (Å²) in [5.74, 6) is -1.24. The Labute approximate surface area is 146 Å². The highest BCUT2D eigenvalue weighted by molar-refractivity contribution is 6.35. The maximum absolute atomic E-state index is 12.2. The van der Waals surface area contributed by atoms with E-state index in [9.17, 15) is 9.59 Å². The number of aliphatic carboxylic acids is 1. The van der Waals surface area contributed by atoms with Crippen LogP contribution in [0.1, 0.15) is 45.2 Å². The summed E-state index contributed by atoms with van der Waals surface area (Å²) in [5, 5.41) is 15.8. The van der Waals surface area contributed by atoms with Crippen molar-refractivity contribution in [2.75, 3.05) is 0 Å². The molecule has 23 heavy (non-hydrogen) atoms. The third kappa shape index (κ3) is 6.01. The molecule has 3 unspecified atom stereocenters. The van der Waals surface area contributed by atoms with Gasteiger partial charge in [0.2, 0.25) is 5.91 Å². The predicted octanol–water partition coefficient (Wildman–Crippen LogP) is 3.40. The van der Waals surface area contributed by atoms with E-state index < -0.39 is 18.1 Å². The van der Waals surface area contributed by atoms with E-state index in [4.69, 9.17) is 28.3 Å². The summed E-state index contributed by atoms with van der Waals surface area (Å²) in [5.41, 5.74) is 0.750. The molecule has 0 saturated carbocycles. The van der Waals surface area contributed by atoms with Crippen LogP contribution in [0.4, 0.5) is 0 Å². The van der Waals surface area contributed by atoms with E-state index in [0.29, 0.717) is 16.5 Å². The van der Waals surface area contributed by atoms with Gasteiger partial charge in [0.05, 0.1) is 12.1 Å². The van der Waals surface area contributed by atoms with E-state index in [1.807, 2.05) is 6.92 Å². The van der Waals surface area contributed by atoms with Gasteiger partial charge in [0, 0.05) is 10.0 Å². The van der Waals surface area contributed by atoms with Gasteiger partial charge in [-0.2, -0.15) is 0 Å². The second kappa shape index (κ2) is 9.11. The van der Waals surface area contributed by atoms with Crippen molar-refractivity contribution >= 4 is 35.1 Å². The molecule has 0 aromatic heterocycles. The minimum Gasteiger partial charge on any atom is -0.480 e. The first-order valence-corrected chi connectivity index (χ1v) is 8.26. The number of halogens is 2. The molecule has 1 rings (SSSR count). The third-order valence-corrected chi connectivity index (χ3v) is 4.07. The van der Waals surface area contributed by atoms with Crippen LogP contribution < -0.4 is 10.6 Å². The average molecular weight is 361 g/mol. The van der Waals surface area contributed by atoms with Crippen molar-refractivity contribution in [3.63, 3.8) is 0 Å². The molecule has 0 aliphatic heterocycles. The fraction of sp³-hybridized carbons (Fsp3) is 0.500. The first kappa shape index (κ1) is 19.7. The molecule has 0 aliphatic rings. The van der Waals surface area contributed by atoms with Gasteiger partial charge < -0.3 is 10.4 Å². The molecule has 0 aliphatic carbocycles. The van der Waals surface area contributed by atoms with Crippen LogP contribution in [0.5, 0.6) is 0 Å². The number of carbonyl (C=O) groups excluding carboxylic acids is 1. The minimum absolute atomic E-state index is 0.286. The first-order chi connectivity index (χ1) is 10.8. The summed E-state index contributed by atoms with van der Waals surface area (Å²) < 4.78 is 0. The highest BCUT2D eigenvalue weighted by Crippen LogP contribution is 2.26. The summed E-state index contributed by atoms with van der Waals surface area (Å²) >= 11 is 12.0. The standard InChI is InChI=1S/C16H22Cl2N2O3/c1-4-5-14(16(22)23)19-10(3)15(21)20-9(2)12-7-6-11(17)8-13(12)18/h6-10,14,19H,4-5H2,1-3H3,(H,20,21)(H,22,23). The lowest BCUT2D eigenvalue weighted by Crippen LogP contribution is -2.49. The Morgan fingerprint density at radius 3 is 2.43 bits per heavy atom. The summed E-state index contributed by atoms with van der Waals surface area (Å²) in [6, 6.07) is 3.39. The Hall–Kier alpha value is -1.30. The molecule has 5 nitrogen and oxygen atoms in total. The lowest BCUT2D eigenvalue weighted by molar-refractivity contribution is -0.140. The van der Waals surface area contributed by atoms with Crippen LogP contribution in [0.25, 0.3) is 0 Å². The molecule has 3 atom stereocenters. The molecule has 0 fully saturated rings. The quantitative estimate of drug-likeness (QED) is 0.663. The first-order valence-electron chi connectivity index (χ1n) is 7.50. The van der Waals surface area contributed by atoms with Crippen molar-refractivity contribution in [2.45, 2.75) is 51.7 Å². The van der Waals surface area contributed by atoms with E-state index in [-0.39, 0.29) is 11.9 Å². The number of carboxylic acids is 1. The van der Waals surface area contributed by atoms with Gasteiger partial charge >= 0.3 is 5.97 Å². The second-order valence-electron chi connectivity index (χ2n) is 5.46. The van der Waals surface area contributed by atoms with E-state index in [0.717, 1.165) is 12.0 Å². The highest BCUT2D eigenvalue weighted by atomic mass is 35.5. The van der Waals surface area contributed by atoms with Gasteiger partial charge in [0.25, 0.3) is 0 Å². The van der Waals surface area contributed by atoms with Crippen LogP contribution in [0.2, 0.25) is 10.0 Å². The monoisotopic (exact) mass is 360 g/mol. The molecule has 7 heteroatoms. The zero-order chi connectivity index (χ0) is 17.6. The predicted molar refractivity (Wildman–Crippen MR) is 91.9 cm³/mol. The molecule has 0 saturated heterocycles. The lowest BCUT2D eigenvalue weighted by Gasteiger charge is -2.22. The van der Waals surface area contributed by atoms with Crippen molar-refractivity contribution in [1.29, 1.82) is 0 Å². The SMILES string of the molecule is CCCC(NC(C)C(=O)NC(C)c1ccc(Cl)cc1Cl)C(=O)O. The van der Waals surface area contributed by atoms with Crippen molar-refractivity contribution in [3.05, 3.63) is 33.8 Å². The van der Waals surface area contributed by atoms with Crippen LogP contribution in [0.15, 0.2) is 18.2 Å². The number of hydrogen-bond donors (Lipinski definition) is 3. The molecular weight excluding hydrogens is 339 g/mol. The Kier molecular flexibility index (Phi) is 7.82. The number of amides is 1. The molecule has 0 bridgehead atoms. The number of hydrogen-bond acceptors (Lipinski definition) is 3. The summed E-state index contributed by atoms with van der Waals surface area (Å²) in [6.45, 7) is 5.34. The Balaban J connectivity index is 2.68. The molecule has 3 N–H and O–H groups in total. The molecule has 0 radical (unpaired) electrons. The van der Waals surface area contributed by atoms with Crippen molar-refractivity contribution in [2.24, 2.45) is 0 Å². The number of carbonyl (C=O) groups is 2. The van der Waals surface area contributed by atoms with Crippen LogP contribution in [0.3, 0.4) is 0 Å². The Bertz CT molecular complexity index is 566. The fourth-order valence-corrected chi connectivity index (χ4v) is 2.79. The molecule has 0 spiro atoms. The largest absolute Gasteiger partial charge is 0.480 e.